The van der Waals surface area contributed by atoms with Gasteiger partial charge in [-0.05, 0) is 13.8 Å². The van der Waals surface area contributed by atoms with E-state index in [1.165, 1.54) is 23.2 Å². The molecule has 1 amide bonds. The molecule has 2 N–H and O–H groups in total. The van der Waals surface area contributed by atoms with Gasteiger partial charge in [0.1, 0.15) is 10.9 Å². The molecule has 7 nitrogen and oxygen atoms in total. The maximum absolute atomic E-state index is 12.8. The first-order chi connectivity index (χ1) is 12.7. The first-order valence-electron chi connectivity index (χ1n) is 8.68. The van der Waals surface area contributed by atoms with Crippen LogP contribution in [-0.4, -0.2) is 85.2 Å². The van der Waals surface area contributed by atoms with Crippen molar-refractivity contribution in [3.63, 3.8) is 0 Å². The van der Waals surface area contributed by atoms with Crippen molar-refractivity contribution in [1.82, 2.24) is 25.4 Å². The number of amides is 1. The van der Waals surface area contributed by atoms with Gasteiger partial charge in [-0.3, -0.25) is 14.7 Å². The minimum absolute atomic E-state index is 0. The van der Waals surface area contributed by atoms with Crippen LogP contribution in [0.2, 0.25) is 0 Å². The number of piperazine rings is 1. The molecule has 0 aromatic carbocycles. The Bertz CT molecular complexity index is 661. The van der Waals surface area contributed by atoms with E-state index >= 15 is 0 Å². The lowest BCUT2D eigenvalue weighted by atomic mass is 10.2. The lowest BCUT2D eigenvalue weighted by molar-refractivity contribution is -0.181. The van der Waals surface area contributed by atoms with E-state index in [0.29, 0.717) is 55.8 Å². The Labute approximate surface area is 183 Å². The molecule has 1 unspecified atom stereocenters. The highest BCUT2D eigenvalue weighted by molar-refractivity contribution is 14.0. The summed E-state index contributed by atoms with van der Waals surface area (Å²) in [6.45, 7) is 5.42. The Morgan fingerprint density at radius 3 is 2.39 bits per heavy atom. The molecule has 2 heterocycles. The topological polar surface area (TPSA) is 72.9 Å². The molecule has 0 saturated carbocycles. The van der Waals surface area contributed by atoms with Crippen LogP contribution in [0.3, 0.4) is 0 Å². The molecule has 1 fully saturated rings. The van der Waals surface area contributed by atoms with Crippen molar-refractivity contribution in [3.05, 3.63) is 16.1 Å². The van der Waals surface area contributed by atoms with E-state index in [1.54, 1.807) is 19.5 Å². The number of nitrogens with one attached hydrogen (secondary N) is 2. The highest BCUT2D eigenvalue weighted by Crippen LogP contribution is 2.25. The van der Waals surface area contributed by atoms with Crippen molar-refractivity contribution in [1.29, 1.82) is 0 Å². The lowest BCUT2D eigenvalue weighted by Crippen LogP contribution is -2.57. The number of aryl methyl sites for hydroxylation is 1. The van der Waals surface area contributed by atoms with Gasteiger partial charge in [-0.15, -0.1) is 35.3 Å². The first kappa shape index (κ1) is 24.9. The van der Waals surface area contributed by atoms with Gasteiger partial charge in [-0.25, -0.2) is 4.98 Å². The standard InChI is InChI=1S/C16H25F3N6OS.HI/c1-11-13(27-10-23-11)14(26)21-4-5-22-15(20-3)25-8-6-24(7-9-25)12(2)16(17,18)19;/h10,12H,4-9H2,1-3H3,(H,20,22)(H,21,26);1H. The van der Waals surface area contributed by atoms with Crippen LogP contribution in [0.1, 0.15) is 22.3 Å². The fourth-order valence-corrected chi connectivity index (χ4v) is 3.53. The van der Waals surface area contributed by atoms with Gasteiger partial charge in [-0.2, -0.15) is 13.2 Å². The number of carbonyl (C=O) groups is 1. The van der Waals surface area contributed by atoms with Crippen LogP contribution in [0.5, 0.6) is 0 Å². The number of rotatable bonds is 5. The summed E-state index contributed by atoms with van der Waals surface area (Å²) in [4.78, 5) is 24.2. The summed E-state index contributed by atoms with van der Waals surface area (Å²) >= 11 is 1.29. The number of carbonyl (C=O) groups excluding carboxylic acids is 1. The molecule has 1 aliphatic heterocycles. The minimum Gasteiger partial charge on any atom is -0.354 e. The zero-order chi connectivity index (χ0) is 20.0. The maximum atomic E-state index is 12.8. The second-order valence-electron chi connectivity index (χ2n) is 6.24. The van der Waals surface area contributed by atoms with Crippen LogP contribution >= 0.6 is 35.3 Å². The third-order valence-electron chi connectivity index (χ3n) is 4.49. The molecule has 0 bridgehead atoms. The largest absolute Gasteiger partial charge is 0.403 e. The zero-order valence-corrected chi connectivity index (χ0v) is 19.2. The summed E-state index contributed by atoms with van der Waals surface area (Å²) in [5, 5.41) is 5.95. The number of thiazole rings is 1. The van der Waals surface area contributed by atoms with Gasteiger partial charge in [0, 0.05) is 46.3 Å². The molecule has 0 spiro atoms. The van der Waals surface area contributed by atoms with Gasteiger partial charge < -0.3 is 15.5 Å². The smallest absolute Gasteiger partial charge is 0.354 e. The molecule has 1 atom stereocenters. The fourth-order valence-electron chi connectivity index (χ4n) is 2.81. The van der Waals surface area contributed by atoms with Gasteiger partial charge in [0.25, 0.3) is 5.91 Å². The van der Waals surface area contributed by atoms with Gasteiger partial charge in [0.05, 0.1) is 11.2 Å². The molecule has 1 saturated heterocycles. The van der Waals surface area contributed by atoms with Gasteiger partial charge in [0.2, 0.25) is 0 Å². The molecular weight excluding hydrogens is 508 g/mol. The van der Waals surface area contributed by atoms with E-state index in [4.69, 9.17) is 0 Å². The molecule has 28 heavy (non-hydrogen) atoms. The fraction of sp³-hybridized carbons (Fsp3) is 0.688. The predicted molar refractivity (Wildman–Crippen MR) is 115 cm³/mol. The Kier molecular flexibility index (Phi) is 9.90. The highest BCUT2D eigenvalue weighted by atomic mass is 127. The van der Waals surface area contributed by atoms with Crippen molar-refractivity contribution in [3.8, 4) is 0 Å². The molecular formula is C16H26F3IN6OS. The molecule has 160 valence electrons. The van der Waals surface area contributed by atoms with Gasteiger partial charge >= 0.3 is 6.18 Å². The Balaban J connectivity index is 0.00000392. The van der Waals surface area contributed by atoms with Crippen molar-refractivity contribution < 1.29 is 18.0 Å². The van der Waals surface area contributed by atoms with Crippen molar-refractivity contribution in [2.24, 2.45) is 4.99 Å². The minimum atomic E-state index is -4.21. The van der Waals surface area contributed by atoms with Crippen molar-refractivity contribution in [2.45, 2.75) is 26.1 Å². The highest BCUT2D eigenvalue weighted by Gasteiger charge is 2.41. The quantitative estimate of drug-likeness (QED) is 0.262. The number of halogens is 4. The van der Waals surface area contributed by atoms with E-state index in [2.05, 4.69) is 20.6 Å². The van der Waals surface area contributed by atoms with Gasteiger partial charge in [-0.1, -0.05) is 0 Å². The molecule has 2 rings (SSSR count). The Hall–Kier alpha value is -1.15. The first-order valence-corrected chi connectivity index (χ1v) is 9.56. The van der Waals surface area contributed by atoms with E-state index in [1.807, 2.05) is 4.90 Å². The third-order valence-corrected chi connectivity index (χ3v) is 5.42. The van der Waals surface area contributed by atoms with E-state index < -0.39 is 12.2 Å². The Morgan fingerprint density at radius 2 is 1.89 bits per heavy atom. The summed E-state index contributed by atoms with van der Waals surface area (Å²) in [7, 11) is 1.63. The molecule has 0 aliphatic carbocycles. The van der Waals surface area contributed by atoms with E-state index in [-0.39, 0.29) is 29.9 Å². The van der Waals surface area contributed by atoms with Crippen LogP contribution in [0.4, 0.5) is 13.2 Å². The molecule has 0 radical (unpaired) electrons. The Morgan fingerprint density at radius 1 is 1.29 bits per heavy atom. The number of nitrogens with zero attached hydrogens (tertiary/aromatic N) is 4. The second-order valence-corrected chi connectivity index (χ2v) is 7.09. The number of hydrogen-bond donors (Lipinski definition) is 2. The number of alkyl halides is 3. The number of guanidine groups is 1. The molecule has 1 aromatic rings. The van der Waals surface area contributed by atoms with Crippen LogP contribution in [0.15, 0.2) is 10.5 Å². The van der Waals surface area contributed by atoms with E-state index in [0.717, 1.165) is 0 Å². The van der Waals surface area contributed by atoms with Crippen LogP contribution in [0, 0.1) is 6.92 Å². The monoisotopic (exact) mass is 534 g/mol. The summed E-state index contributed by atoms with van der Waals surface area (Å²) in [6, 6.07) is -1.44. The molecule has 1 aliphatic rings. The average Bonchev–Trinajstić information content (AvgIpc) is 3.06. The number of aliphatic imine (C=N–C) groups is 1. The average molecular weight is 534 g/mol. The van der Waals surface area contributed by atoms with E-state index in [9.17, 15) is 18.0 Å². The number of hydrogen-bond acceptors (Lipinski definition) is 5. The van der Waals surface area contributed by atoms with Crippen molar-refractivity contribution in [2.75, 3.05) is 46.3 Å². The predicted octanol–water partition coefficient (Wildman–Crippen LogP) is 1.94. The lowest BCUT2D eigenvalue weighted by Gasteiger charge is -2.39. The zero-order valence-electron chi connectivity index (χ0n) is 16.0. The molecule has 12 heteroatoms. The normalized spacial score (nSPS) is 17.1. The van der Waals surface area contributed by atoms with Crippen molar-refractivity contribution >= 4 is 47.2 Å². The summed E-state index contributed by atoms with van der Waals surface area (Å²) < 4.78 is 38.5. The van der Waals surface area contributed by atoms with Crippen LogP contribution in [-0.2, 0) is 0 Å². The molecule has 1 aromatic heterocycles. The third kappa shape index (κ3) is 6.72. The van der Waals surface area contributed by atoms with Gasteiger partial charge in [0.15, 0.2) is 5.96 Å². The summed E-state index contributed by atoms with van der Waals surface area (Å²) in [6.07, 6.45) is -4.21. The number of aromatic nitrogens is 1. The van der Waals surface area contributed by atoms with Crippen LogP contribution < -0.4 is 10.6 Å². The summed E-state index contributed by atoms with van der Waals surface area (Å²) in [5.74, 6) is 0.457. The maximum Gasteiger partial charge on any atom is 0.403 e. The summed E-state index contributed by atoms with van der Waals surface area (Å²) in [5.41, 5.74) is 2.33. The second kappa shape index (κ2) is 11.1. The van der Waals surface area contributed by atoms with Crippen LogP contribution in [0.25, 0.3) is 0 Å². The SMILES string of the molecule is CN=C(NCCNC(=O)c1scnc1C)N1CCN(C(C)C(F)(F)F)CC1.I.